The average molecular weight is 219 g/mol. The maximum atomic E-state index is 5.41. The van der Waals surface area contributed by atoms with Crippen LogP contribution in [-0.2, 0) is 4.74 Å². The average Bonchev–Trinajstić information content (AvgIpc) is 2.83. The second-order valence-electron chi connectivity index (χ2n) is 4.48. The Hall–Kier alpha value is -0.860. The van der Waals surface area contributed by atoms with E-state index in [1.54, 1.807) is 0 Å². The lowest BCUT2D eigenvalue weighted by Crippen LogP contribution is -2.33. The van der Waals surface area contributed by atoms with E-state index in [0.29, 0.717) is 12.1 Å². The zero-order valence-electron chi connectivity index (χ0n) is 9.99. The van der Waals surface area contributed by atoms with Crippen LogP contribution in [0.1, 0.15) is 37.8 Å². The monoisotopic (exact) mass is 219 g/mol. The normalized spacial score (nSPS) is 22.2. The number of nitrogens with one attached hydrogen (secondary N) is 1. The van der Waals surface area contributed by atoms with Gasteiger partial charge in [-0.05, 0) is 18.4 Å². The summed E-state index contributed by atoms with van der Waals surface area (Å²) < 4.78 is 5.41. The summed E-state index contributed by atoms with van der Waals surface area (Å²) in [6, 6.07) is 11.8. The minimum atomic E-state index is 0.484. The van der Waals surface area contributed by atoms with E-state index in [-0.39, 0.29) is 0 Å². The molecule has 0 spiro atoms. The molecule has 0 radical (unpaired) electrons. The Balaban J connectivity index is 1.99. The highest BCUT2D eigenvalue weighted by atomic mass is 16.5. The first-order valence-corrected chi connectivity index (χ1v) is 6.29. The number of hydrogen-bond donors (Lipinski definition) is 1. The van der Waals surface area contributed by atoms with E-state index >= 15 is 0 Å². The van der Waals surface area contributed by atoms with Crippen LogP contribution in [0.25, 0.3) is 0 Å². The molecular weight excluding hydrogens is 198 g/mol. The molecule has 0 bridgehead atoms. The van der Waals surface area contributed by atoms with Crippen LogP contribution in [0.3, 0.4) is 0 Å². The Labute approximate surface area is 98.0 Å². The molecule has 0 amide bonds. The molecule has 2 nitrogen and oxygen atoms in total. The van der Waals surface area contributed by atoms with Gasteiger partial charge in [-0.1, -0.05) is 43.7 Å². The van der Waals surface area contributed by atoms with E-state index in [4.69, 9.17) is 4.74 Å². The molecule has 1 N–H and O–H groups in total. The van der Waals surface area contributed by atoms with Crippen molar-refractivity contribution in [1.29, 1.82) is 0 Å². The summed E-state index contributed by atoms with van der Waals surface area (Å²) in [7, 11) is 0. The third kappa shape index (κ3) is 3.06. The Morgan fingerprint density at radius 2 is 2.19 bits per heavy atom. The van der Waals surface area contributed by atoms with Gasteiger partial charge in [0.15, 0.2) is 0 Å². The number of benzene rings is 1. The topological polar surface area (TPSA) is 21.3 Å². The summed E-state index contributed by atoms with van der Waals surface area (Å²) in [4.78, 5) is 0. The minimum Gasteiger partial charge on any atom is -0.380 e. The van der Waals surface area contributed by atoms with Gasteiger partial charge >= 0.3 is 0 Å². The predicted octanol–water partition coefficient (Wildman–Crippen LogP) is 2.91. The van der Waals surface area contributed by atoms with E-state index in [1.807, 2.05) is 0 Å². The molecular formula is C14H21NO. The Bertz CT molecular complexity index is 293. The minimum absolute atomic E-state index is 0.484. The smallest absolute Gasteiger partial charge is 0.0620 e. The van der Waals surface area contributed by atoms with Crippen LogP contribution in [-0.4, -0.2) is 19.3 Å². The molecule has 1 aromatic rings. The molecule has 2 rings (SSSR count). The van der Waals surface area contributed by atoms with Gasteiger partial charge in [-0.15, -0.1) is 0 Å². The standard InChI is InChI=1S/C14H21NO/c1-2-6-14(12-7-4-3-5-8-12)15-13-9-10-16-11-13/h3-5,7-8,13-15H,2,6,9-11H2,1H3. The maximum Gasteiger partial charge on any atom is 0.0620 e. The molecule has 0 aromatic heterocycles. The van der Waals surface area contributed by atoms with Crippen LogP contribution in [0.5, 0.6) is 0 Å². The van der Waals surface area contributed by atoms with Gasteiger partial charge in [0.25, 0.3) is 0 Å². The third-order valence-electron chi connectivity index (χ3n) is 3.15. The molecule has 0 saturated carbocycles. The van der Waals surface area contributed by atoms with Gasteiger partial charge in [-0.3, -0.25) is 0 Å². The molecule has 1 aromatic carbocycles. The van der Waals surface area contributed by atoms with Crippen molar-refractivity contribution in [3.63, 3.8) is 0 Å². The Morgan fingerprint density at radius 1 is 1.38 bits per heavy atom. The van der Waals surface area contributed by atoms with Gasteiger partial charge in [0.2, 0.25) is 0 Å². The second kappa shape index (κ2) is 6.02. The highest BCUT2D eigenvalue weighted by Crippen LogP contribution is 2.20. The summed E-state index contributed by atoms with van der Waals surface area (Å²) in [6.07, 6.45) is 3.55. The van der Waals surface area contributed by atoms with Crippen LogP contribution in [0.4, 0.5) is 0 Å². The first kappa shape index (κ1) is 11.6. The highest BCUT2D eigenvalue weighted by molar-refractivity contribution is 5.19. The van der Waals surface area contributed by atoms with Gasteiger partial charge < -0.3 is 10.1 Å². The van der Waals surface area contributed by atoms with Crippen molar-refractivity contribution in [3.8, 4) is 0 Å². The summed E-state index contributed by atoms with van der Waals surface area (Å²) in [5.74, 6) is 0. The van der Waals surface area contributed by atoms with E-state index < -0.39 is 0 Å². The summed E-state index contributed by atoms with van der Waals surface area (Å²) in [5, 5.41) is 3.71. The van der Waals surface area contributed by atoms with Crippen LogP contribution >= 0.6 is 0 Å². The van der Waals surface area contributed by atoms with Gasteiger partial charge in [0.05, 0.1) is 6.61 Å². The lowest BCUT2D eigenvalue weighted by Gasteiger charge is -2.22. The number of hydrogen-bond acceptors (Lipinski definition) is 2. The quantitative estimate of drug-likeness (QED) is 0.822. The van der Waals surface area contributed by atoms with Crippen molar-refractivity contribution < 1.29 is 4.74 Å². The van der Waals surface area contributed by atoms with Gasteiger partial charge in [-0.25, -0.2) is 0 Å². The highest BCUT2D eigenvalue weighted by Gasteiger charge is 2.19. The fourth-order valence-corrected chi connectivity index (χ4v) is 2.27. The Kier molecular flexibility index (Phi) is 4.37. The van der Waals surface area contributed by atoms with E-state index in [1.165, 1.54) is 18.4 Å². The van der Waals surface area contributed by atoms with Crippen LogP contribution in [0.15, 0.2) is 30.3 Å². The largest absolute Gasteiger partial charge is 0.380 e. The van der Waals surface area contributed by atoms with E-state index in [2.05, 4.69) is 42.6 Å². The number of rotatable bonds is 5. The predicted molar refractivity (Wildman–Crippen MR) is 66.5 cm³/mol. The molecule has 2 unspecified atom stereocenters. The van der Waals surface area contributed by atoms with Crippen molar-refractivity contribution in [1.82, 2.24) is 5.32 Å². The van der Waals surface area contributed by atoms with Crippen molar-refractivity contribution in [2.45, 2.75) is 38.3 Å². The fraction of sp³-hybridized carbons (Fsp3) is 0.571. The zero-order chi connectivity index (χ0) is 11.2. The van der Waals surface area contributed by atoms with Gasteiger partial charge in [0.1, 0.15) is 0 Å². The molecule has 1 heterocycles. The van der Waals surface area contributed by atoms with Gasteiger partial charge in [-0.2, -0.15) is 0 Å². The van der Waals surface area contributed by atoms with Crippen molar-refractivity contribution >= 4 is 0 Å². The van der Waals surface area contributed by atoms with E-state index in [9.17, 15) is 0 Å². The van der Waals surface area contributed by atoms with Crippen molar-refractivity contribution in [3.05, 3.63) is 35.9 Å². The molecule has 2 heteroatoms. The first-order chi connectivity index (χ1) is 7.90. The molecule has 1 fully saturated rings. The first-order valence-electron chi connectivity index (χ1n) is 6.29. The summed E-state index contributed by atoms with van der Waals surface area (Å²) in [5.41, 5.74) is 1.40. The molecule has 1 aliphatic heterocycles. The summed E-state index contributed by atoms with van der Waals surface area (Å²) in [6.45, 7) is 4.01. The molecule has 88 valence electrons. The Morgan fingerprint density at radius 3 is 2.81 bits per heavy atom. The van der Waals surface area contributed by atoms with Crippen LogP contribution < -0.4 is 5.32 Å². The molecule has 2 atom stereocenters. The van der Waals surface area contributed by atoms with Crippen LogP contribution in [0.2, 0.25) is 0 Å². The lowest BCUT2D eigenvalue weighted by atomic mass is 10.0. The molecule has 1 aliphatic rings. The SMILES string of the molecule is CCCC(NC1CCOC1)c1ccccc1. The summed E-state index contributed by atoms with van der Waals surface area (Å²) >= 11 is 0. The van der Waals surface area contributed by atoms with Crippen molar-refractivity contribution in [2.24, 2.45) is 0 Å². The third-order valence-corrected chi connectivity index (χ3v) is 3.15. The van der Waals surface area contributed by atoms with E-state index in [0.717, 1.165) is 19.6 Å². The van der Waals surface area contributed by atoms with Gasteiger partial charge in [0, 0.05) is 18.7 Å². The molecule has 0 aliphatic carbocycles. The fourth-order valence-electron chi connectivity index (χ4n) is 2.27. The maximum absolute atomic E-state index is 5.41. The molecule has 16 heavy (non-hydrogen) atoms. The molecule has 1 saturated heterocycles. The van der Waals surface area contributed by atoms with Crippen molar-refractivity contribution in [2.75, 3.05) is 13.2 Å². The zero-order valence-corrected chi connectivity index (χ0v) is 9.99. The lowest BCUT2D eigenvalue weighted by molar-refractivity contribution is 0.187. The second-order valence-corrected chi connectivity index (χ2v) is 4.48. The number of ether oxygens (including phenoxy) is 1. The van der Waals surface area contributed by atoms with Crippen LogP contribution in [0, 0.1) is 0 Å².